The summed E-state index contributed by atoms with van der Waals surface area (Å²) in [5.41, 5.74) is 5.17. The number of aromatic nitrogens is 5. The van der Waals surface area contributed by atoms with Gasteiger partial charge in [-0.05, 0) is 47.9 Å². The number of rotatable bonds is 8. The van der Waals surface area contributed by atoms with Crippen LogP contribution in [0.5, 0.6) is 0 Å². The standard InChI is InChI=1S/C26H29N9/c1-16(2)18-11-24(34-31-14-18)33-23-7-6-21-22(32-23)10-19(13-30-21)20(15-28-3)26(27)17-8-9-29-25(12-17)35(4)5/h6-16,27-28H,1-5H3,(H,32,33,34)/b20-15-,27-26?. The van der Waals surface area contributed by atoms with Crippen molar-refractivity contribution in [1.82, 2.24) is 30.5 Å². The van der Waals surface area contributed by atoms with Crippen LogP contribution in [0.1, 0.15) is 36.5 Å². The van der Waals surface area contributed by atoms with E-state index < -0.39 is 0 Å². The Labute approximate surface area is 204 Å². The average Bonchev–Trinajstić information content (AvgIpc) is 2.86. The maximum Gasteiger partial charge on any atom is 0.154 e. The summed E-state index contributed by atoms with van der Waals surface area (Å²) in [6.45, 7) is 4.23. The molecule has 0 fully saturated rings. The molecule has 9 nitrogen and oxygen atoms in total. The third-order valence-electron chi connectivity index (χ3n) is 5.50. The second kappa shape index (κ2) is 10.3. The summed E-state index contributed by atoms with van der Waals surface area (Å²) in [5, 5.41) is 23.4. The normalized spacial score (nSPS) is 11.5. The summed E-state index contributed by atoms with van der Waals surface area (Å²) in [6, 6.07) is 11.4. The van der Waals surface area contributed by atoms with E-state index in [0.717, 1.165) is 28.0 Å². The van der Waals surface area contributed by atoms with Crippen LogP contribution >= 0.6 is 0 Å². The molecule has 4 heterocycles. The molecule has 4 rings (SSSR count). The Balaban J connectivity index is 1.67. The van der Waals surface area contributed by atoms with Crippen molar-refractivity contribution in [3.8, 4) is 0 Å². The van der Waals surface area contributed by atoms with Crippen LogP contribution in [0.2, 0.25) is 0 Å². The van der Waals surface area contributed by atoms with Crippen molar-refractivity contribution in [2.24, 2.45) is 0 Å². The van der Waals surface area contributed by atoms with Crippen LogP contribution in [0.15, 0.2) is 61.2 Å². The van der Waals surface area contributed by atoms with E-state index in [1.165, 1.54) is 0 Å². The van der Waals surface area contributed by atoms with Crippen LogP contribution in [-0.2, 0) is 0 Å². The first-order valence-corrected chi connectivity index (χ1v) is 11.3. The number of hydrogen-bond acceptors (Lipinski definition) is 9. The van der Waals surface area contributed by atoms with Gasteiger partial charge in [0.1, 0.15) is 11.6 Å². The maximum absolute atomic E-state index is 8.89. The molecule has 0 saturated carbocycles. The predicted molar refractivity (Wildman–Crippen MR) is 141 cm³/mol. The SMILES string of the molecule is CN/C=C(\C(=N)c1ccnc(N(C)C)c1)c1cnc2ccc(Nc3cc(C(C)C)cnn3)nc2c1. The molecule has 3 N–H and O–H groups in total. The Kier molecular flexibility index (Phi) is 6.96. The van der Waals surface area contributed by atoms with E-state index in [4.69, 9.17) is 10.4 Å². The highest BCUT2D eigenvalue weighted by atomic mass is 15.2. The second-order valence-electron chi connectivity index (χ2n) is 8.63. The zero-order chi connectivity index (χ0) is 24.9. The fourth-order valence-corrected chi connectivity index (χ4v) is 3.53. The van der Waals surface area contributed by atoms with Crippen molar-refractivity contribution in [3.63, 3.8) is 0 Å². The highest BCUT2D eigenvalue weighted by molar-refractivity contribution is 6.30. The number of nitrogens with zero attached hydrogens (tertiary/aromatic N) is 6. The Morgan fingerprint density at radius 3 is 2.54 bits per heavy atom. The summed E-state index contributed by atoms with van der Waals surface area (Å²) < 4.78 is 0. The summed E-state index contributed by atoms with van der Waals surface area (Å²) in [4.78, 5) is 15.6. The molecule has 4 aromatic heterocycles. The first-order chi connectivity index (χ1) is 16.9. The van der Waals surface area contributed by atoms with Gasteiger partial charge in [-0.3, -0.25) is 10.4 Å². The fraction of sp³-hybridized carbons (Fsp3) is 0.231. The molecule has 0 aliphatic heterocycles. The largest absolute Gasteiger partial charge is 0.393 e. The Hall–Kier alpha value is -4.40. The minimum absolute atomic E-state index is 0.351. The number of nitrogens with one attached hydrogen (secondary N) is 3. The van der Waals surface area contributed by atoms with Gasteiger partial charge in [0.2, 0.25) is 0 Å². The van der Waals surface area contributed by atoms with E-state index in [1.807, 2.05) is 62.4 Å². The first-order valence-electron chi connectivity index (χ1n) is 11.3. The molecule has 0 atom stereocenters. The minimum Gasteiger partial charge on any atom is -0.393 e. The molecule has 0 spiro atoms. The van der Waals surface area contributed by atoms with E-state index in [-0.39, 0.29) is 0 Å². The average molecular weight is 468 g/mol. The topological polar surface area (TPSA) is 116 Å². The highest BCUT2D eigenvalue weighted by Gasteiger charge is 2.14. The summed E-state index contributed by atoms with van der Waals surface area (Å²) in [7, 11) is 5.66. The Morgan fingerprint density at radius 2 is 1.80 bits per heavy atom. The monoisotopic (exact) mass is 467 g/mol. The maximum atomic E-state index is 8.89. The molecule has 0 aliphatic carbocycles. The van der Waals surface area contributed by atoms with Gasteiger partial charge in [0.25, 0.3) is 0 Å². The van der Waals surface area contributed by atoms with Crippen molar-refractivity contribution < 1.29 is 0 Å². The van der Waals surface area contributed by atoms with Crippen molar-refractivity contribution in [2.45, 2.75) is 19.8 Å². The van der Waals surface area contributed by atoms with Gasteiger partial charge < -0.3 is 15.5 Å². The molecule has 0 radical (unpaired) electrons. The quantitative estimate of drug-likeness (QED) is 0.327. The number of fused-ring (bicyclic) bond motifs is 1. The number of hydrogen-bond donors (Lipinski definition) is 3. The van der Waals surface area contributed by atoms with Gasteiger partial charge in [-0.25, -0.2) is 9.97 Å². The van der Waals surface area contributed by atoms with Crippen molar-refractivity contribution in [2.75, 3.05) is 31.4 Å². The van der Waals surface area contributed by atoms with E-state index in [2.05, 4.69) is 44.6 Å². The molecule has 0 bridgehead atoms. The fourth-order valence-electron chi connectivity index (χ4n) is 3.53. The van der Waals surface area contributed by atoms with Gasteiger partial charge in [-0.2, -0.15) is 5.10 Å². The van der Waals surface area contributed by atoms with Gasteiger partial charge in [0.15, 0.2) is 5.82 Å². The summed E-state index contributed by atoms with van der Waals surface area (Å²) in [5.74, 6) is 2.42. The Bertz CT molecular complexity index is 1390. The van der Waals surface area contributed by atoms with Gasteiger partial charge in [-0.1, -0.05) is 13.8 Å². The lowest BCUT2D eigenvalue weighted by atomic mass is 9.98. The second-order valence-corrected chi connectivity index (χ2v) is 8.63. The van der Waals surface area contributed by atoms with Crippen molar-refractivity contribution in [3.05, 3.63) is 77.9 Å². The van der Waals surface area contributed by atoms with Crippen molar-refractivity contribution in [1.29, 1.82) is 5.41 Å². The molecule has 0 unspecified atom stereocenters. The van der Waals surface area contributed by atoms with Crippen molar-refractivity contribution >= 4 is 39.8 Å². The van der Waals surface area contributed by atoms with Crippen LogP contribution in [0, 0.1) is 5.41 Å². The lowest BCUT2D eigenvalue weighted by molar-refractivity contribution is 0.843. The molecule has 0 saturated heterocycles. The molecule has 35 heavy (non-hydrogen) atoms. The molecule has 0 amide bonds. The smallest absolute Gasteiger partial charge is 0.154 e. The van der Waals surface area contributed by atoms with Crippen LogP contribution in [-0.4, -0.2) is 52.0 Å². The predicted octanol–water partition coefficient (Wildman–Crippen LogP) is 4.38. The van der Waals surface area contributed by atoms with E-state index in [9.17, 15) is 0 Å². The minimum atomic E-state index is 0.351. The van der Waals surface area contributed by atoms with Crippen LogP contribution in [0.3, 0.4) is 0 Å². The lowest BCUT2D eigenvalue weighted by Gasteiger charge is -2.15. The molecule has 0 aromatic carbocycles. The van der Waals surface area contributed by atoms with Gasteiger partial charge in [-0.15, -0.1) is 5.10 Å². The first kappa shape index (κ1) is 23.7. The third kappa shape index (κ3) is 5.40. The van der Waals surface area contributed by atoms with E-state index in [0.29, 0.717) is 34.4 Å². The zero-order valence-corrected chi connectivity index (χ0v) is 20.5. The molecular weight excluding hydrogens is 438 g/mol. The van der Waals surface area contributed by atoms with Gasteiger partial charge in [0, 0.05) is 56.4 Å². The molecule has 9 heteroatoms. The van der Waals surface area contributed by atoms with Gasteiger partial charge in [0.05, 0.1) is 22.9 Å². The number of allylic oxidation sites excluding steroid dienone is 1. The van der Waals surface area contributed by atoms with Crippen LogP contribution < -0.4 is 15.5 Å². The number of pyridine rings is 3. The number of anilines is 3. The van der Waals surface area contributed by atoms with Gasteiger partial charge >= 0.3 is 0 Å². The summed E-state index contributed by atoms with van der Waals surface area (Å²) >= 11 is 0. The molecular formula is C26H29N9. The molecule has 4 aromatic rings. The summed E-state index contributed by atoms with van der Waals surface area (Å²) in [6.07, 6.45) is 7.05. The molecule has 178 valence electrons. The van der Waals surface area contributed by atoms with Crippen LogP contribution in [0.25, 0.3) is 16.6 Å². The highest BCUT2D eigenvalue weighted by Crippen LogP contribution is 2.25. The zero-order valence-electron chi connectivity index (χ0n) is 20.5. The third-order valence-corrected chi connectivity index (χ3v) is 5.50. The Morgan fingerprint density at radius 1 is 0.971 bits per heavy atom. The van der Waals surface area contributed by atoms with E-state index in [1.54, 1.807) is 24.8 Å². The van der Waals surface area contributed by atoms with E-state index >= 15 is 0 Å². The lowest BCUT2D eigenvalue weighted by Crippen LogP contribution is -2.13. The molecule has 0 aliphatic rings. The van der Waals surface area contributed by atoms with Crippen LogP contribution in [0.4, 0.5) is 17.5 Å².